The van der Waals surface area contributed by atoms with Crippen LogP contribution in [0.25, 0.3) is 33.0 Å². The van der Waals surface area contributed by atoms with E-state index in [1.54, 1.807) is 13.3 Å². The standard InChI is InChI=1S/C25H23N3O3/c1-3-4-11-28-14-19(17-12-15(31-2)9-10-21(17)28)23-22(24(29)27-25(23)30)18-13-26-20-8-6-5-7-16(18)20/h5-10,12-14,26H,3-4,11H2,1-2H3,(H,27,29,30). The third-order valence-corrected chi connectivity index (χ3v) is 5.90. The number of benzene rings is 2. The number of H-pyrrole nitrogens is 1. The van der Waals surface area contributed by atoms with Gasteiger partial charge in [-0.05, 0) is 30.7 Å². The number of nitrogens with zero attached hydrogens (tertiary/aromatic N) is 1. The van der Waals surface area contributed by atoms with Crippen molar-refractivity contribution in [3.8, 4) is 5.75 Å². The maximum atomic E-state index is 13.0. The number of aromatic nitrogens is 2. The molecule has 5 rings (SSSR count). The number of aryl methyl sites for hydroxylation is 1. The minimum atomic E-state index is -0.373. The third-order valence-electron chi connectivity index (χ3n) is 5.90. The number of nitrogens with one attached hydrogen (secondary N) is 2. The SMILES string of the molecule is CCCCn1cc(C2=C(c3c[nH]c4ccccc34)C(=O)NC2=O)c2cc(OC)ccc21. The zero-order valence-electron chi connectivity index (χ0n) is 17.5. The molecule has 0 saturated heterocycles. The van der Waals surface area contributed by atoms with Crippen LogP contribution in [-0.4, -0.2) is 28.5 Å². The number of aromatic amines is 1. The number of hydrogen-bond acceptors (Lipinski definition) is 3. The van der Waals surface area contributed by atoms with Gasteiger partial charge in [0.25, 0.3) is 11.8 Å². The number of fused-ring (bicyclic) bond motifs is 2. The van der Waals surface area contributed by atoms with Gasteiger partial charge < -0.3 is 14.3 Å². The number of para-hydroxylation sites is 1. The van der Waals surface area contributed by atoms with Gasteiger partial charge in [0.2, 0.25) is 0 Å². The summed E-state index contributed by atoms with van der Waals surface area (Å²) < 4.78 is 7.59. The molecule has 1 aliphatic heterocycles. The fourth-order valence-corrected chi connectivity index (χ4v) is 4.36. The van der Waals surface area contributed by atoms with Crippen LogP contribution < -0.4 is 10.1 Å². The summed E-state index contributed by atoms with van der Waals surface area (Å²) in [6, 6.07) is 13.6. The molecule has 0 unspecified atom stereocenters. The number of imide groups is 1. The van der Waals surface area contributed by atoms with Crippen molar-refractivity contribution >= 4 is 44.8 Å². The molecule has 1 aliphatic rings. The van der Waals surface area contributed by atoms with Crippen molar-refractivity contribution in [2.75, 3.05) is 7.11 Å². The first-order valence-electron chi connectivity index (χ1n) is 10.5. The zero-order chi connectivity index (χ0) is 21.5. The molecule has 0 saturated carbocycles. The zero-order valence-corrected chi connectivity index (χ0v) is 17.5. The van der Waals surface area contributed by atoms with Crippen molar-refractivity contribution in [1.82, 2.24) is 14.9 Å². The van der Waals surface area contributed by atoms with Crippen LogP contribution in [0.1, 0.15) is 30.9 Å². The fraction of sp³-hybridized carbons (Fsp3) is 0.200. The van der Waals surface area contributed by atoms with Crippen LogP contribution in [0.3, 0.4) is 0 Å². The van der Waals surface area contributed by atoms with Gasteiger partial charge in [-0.25, -0.2) is 0 Å². The highest BCUT2D eigenvalue weighted by Gasteiger charge is 2.35. The smallest absolute Gasteiger partial charge is 0.259 e. The van der Waals surface area contributed by atoms with Crippen molar-refractivity contribution in [3.05, 3.63) is 66.0 Å². The van der Waals surface area contributed by atoms with E-state index in [9.17, 15) is 9.59 Å². The molecule has 0 bridgehead atoms. The highest BCUT2D eigenvalue weighted by molar-refractivity contribution is 6.50. The Morgan fingerprint density at radius 2 is 1.74 bits per heavy atom. The van der Waals surface area contributed by atoms with E-state index < -0.39 is 0 Å². The van der Waals surface area contributed by atoms with Crippen LogP contribution in [-0.2, 0) is 16.1 Å². The molecule has 3 heterocycles. The van der Waals surface area contributed by atoms with E-state index in [0.29, 0.717) is 16.9 Å². The summed E-state index contributed by atoms with van der Waals surface area (Å²) >= 11 is 0. The van der Waals surface area contributed by atoms with Gasteiger partial charge in [0, 0.05) is 51.9 Å². The number of carbonyl (C=O) groups excluding carboxylic acids is 2. The van der Waals surface area contributed by atoms with Crippen LogP contribution in [0.2, 0.25) is 0 Å². The Bertz CT molecular complexity index is 1370. The number of amides is 2. The molecule has 0 spiro atoms. The Hall–Kier alpha value is -3.80. The van der Waals surface area contributed by atoms with E-state index in [2.05, 4.69) is 21.8 Å². The normalized spacial score (nSPS) is 14.1. The lowest BCUT2D eigenvalue weighted by Crippen LogP contribution is -2.22. The first kappa shape index (κ1) is 19.2. The molecule has 6 heteroatoms. The number of ether oxygens (including phenoxy) is 1. The van der Waals surface area contributed by atoms with Crippen LogP contribution in [0.5, 0.6) is 5.75 Å². The largest absolute Gasteiger partial charge is 0.497 e. The highest BCUT2D eigenvalue weighted by atomic mass is 16.5. The number of rotatable bonds is 6. The first-order valence-corrected chi connectivity index (χ1v) is 10.5. The quantitative estimate of drug-likeness (QED) is 0.457. The molecule has 156 valence electrons. The van der Waals surface area contributed by atoms with Crippen LogP contribution >= 0.6 is 0 Å². The first-order chi connectivity index (χ1) is 15.1. The number of unbranched alkanes of at least 4 members (excludes halogenated alkanes) is 1. The van der Waals surface area contributed by atoms with E-state index in [1.165, 1.54) is 0 Å². The molecule has 0 atom stereocenters. The Labute approximate surface area is 179 Å². The van der Waals surface area contributed by atoms with E-state index in [1.807, 2.05) is 48.7 Å². The Morgan fingerprint density at radius 1 is 0.968 bits per heavy atom. The highest BCUT2D eigenvalue weighted by Crippen LogP contribution is 2.39. The molecule has 4 aromatic rings. The summed E-state index contributed by atoms with van der Waals surface area (Å²) in [6.07, 6.45) is 5.87. The maximum absolute atomic E-state index is 13.0. The Kier molecular flexibility index (Phi) is 4.62. The molecular formula is C25H23N3O3. The summed E-state index contributed by atoms with van der Waals surface area (Å²) in [5, 5.41) is 4.31. The van der Waals surface area contributed by atoms with Crippen molar-refractivity contribution in [2.24, 2.45) is 0 Å². The Morgan fingerprint density at radius 3 is 2.52 bits per heavy atom. The summed E-state index contributed by atoms with van der Waals surface area (Å²) in [5.74, 6) is -0.0364. The molecular weight excluding hydrogens is 390 g/mol. The lowest BCUT2D eigenvalue weighted by molar-refractivity contribution is -0.122. The van der Waals surface area contributed by atoms with Crippen LogP contribution in [0.4, 0.5) is 0 Å². The van der Waals surface area contributed by atoms with Gasteiger partial charge in [-0.15, -0.1) is 0 Å². The average Bonchev–Trinajstić information content (AvgIpc) is 3.44. The molecule has 2 N–H and O–H groups in total. The van der Waals surface area contributed by atoms with Crippen molar-refractivity contribution < 1.29 is 14.3 Å². The second kappa shape index (κ2) is 7.47. The second-order valence-corrected chi connectivity index (χ2v) is 7.75. The molecule has 0 fully saturated rings. The number of hydrogen-bond donors (Lipinski definition) is 2. The minimum Gasteiger partial charge on any atom is -0.497 e. The third kappa shape index (κ3) is 3.03. The summed E-state index contributed by atoms with van der Waals surface area (Å²) in [6.45, 7) is 2.99. The van der Waals surface area contributed by atoms with E-state index in [4.69, 9.17) is 4.74 Å². The maximum Gasteiger partial charge on any atom is 0.259 e. The minimum absolute atomic E-state index is 0.373. The van der Waals surface area contributed by atoms with Gasteiger partial charge in [-0.2, -0.15) is 0 Å². The van der Waals surface area contributed by atoms with Crippen molar-refractivity contribution in [1.29, 1.82) is 0 Å². The van der Waals surface area contributed by atoms with E-state index >= 15 is 0 Å². The predicted molar refractivity (Wildman–Crippen MR) is 122 cm³/mol. The van der Waals surface area contributed by atoms with Crippen LogP contribution in [0, 0.1) is 0 Å². The lowest BCUT2D eigenvalue weighted by Gasteiger charge is -2.05. The lowest BCUT2D eigenvalue weighted by atomic mass is 9.95. The summed E-state index contributed by atoms with van der Waals surface area (Å²) in [4.78, 5) is 29.1. The average molecular weight is 413 g/mol. The molecule has 0 radical (unpaired) electrons. The molecule has 2 amide bonds. The fourth-order valence-electron chi connectivity index (χ4n) is 4.36. The summed E-state index contributed by atoms with van der Waals surface area (Å²) in [5.41, 5.74) is 4.22. The monoisotopic (exact) mass is 413 g/mol. The molecule has 0 aliphatic carbocycles. The molecule has 2 aromatic heterocycles. The Balaban J connectivity index is 1.80. The topological polar surface area (TPSA) is 76.1 Å². The molecule has 31 heavy (non-hydrogen) atoms. The van der Waals surface area contributed by atoms with Crippen LogP contribution in [0.15, 0.2) is 54.9 Å². The van der Waals surface area contributed by atoms with Gasteiger partial charge in [-0.3, -0.25) is 14.9 Å². The molecule has 6 nitrogen and oxygen atoms in total. The molecule has 2 aromatic carbocycles. The van der Waals surface area contributed by atoms with E-state index in [0.717, 1.165) is 52.3 Å². The predicted octanol–water partition coefficient (Wildman–Crippen LogP) is 4.50. The number of methoxy groups -OCH3 is 1. The number of carbonyl (C=O) groups is 2. The van der Waals surface area contributed by atoms with Gasteiger partial charge in [-0.1, -0.05) is 31.5 Å². The van der Waals surface area contributed by atoms with Crippen molar-refractivity contribution in [3.63, 3.8) is 0 Å². The van der Waals surface area contributed by atoms with Gasteiger partial charge in [0.05, 0.1) is 18.3 Å². The van der Waals surface area contributed by atoms with E-state index in [-0.39, 0.29) is 11.8 Å². The van der Waals surface area contributed by atoms with Gasteiger partial charge in [0.15, 0.2) is 0 Å². The summed E-state index contributed by atoms with van der Waals surface area (Å²) in [7, 11) is 1.62. The van der Waals surface area contributed by atoms with Crippen molar-refractivity contribution in [2.45, 2.75) is 26.3 Å². The second-order valence-electron chi connectivity index (χ2n) is 7.75. The van der Waals surface area contributed by atoms with Gasteiger partial charge >= 0.3 is 0 Å². The van der Waals surface area contributed by atoms with Gasteiger partial charge in [0.1, 0.15) is 5.75 Å².